The van der Waals surface area contributed by atoms with Crippen molar-refractivity contribution in [2.24, 2.45) is 5.73 Å². The zero-order valence-electron chi connectivity index (χ0n) is 10.8. The summed E-state index contributed by atoms with van der Waals surface area (Å²) < 4.78 is 0. The van der Waals surface area contributed by atoms with Crippen LogP contribution in [0.25, 0.3) is 0 Å². The van der Waals surface area contributed by atoms with Crippen molar-refractivity contribution in [3.8, 4) is 0 Å². The van der Waals surface area contributed by atoms with Crippen LogP contribution >= 0.6 is 0 Å². The summed E-state index contributed by atoms with van der Waals surface area (Å²) in [6.45, 7) is 4.95. The number of likely N-dealkylation sites (tertiary alicyclic amines) is 1. The number of piperidine rings is 1. The van der Waals surface area contributed by atoms with Crippen LogP contribution in [0.3, 0.4) is 0 Å². The normalized spacial score (nSPS) is 22.0. The van der Waals surface area contributed by atoms with Gasteiger partial charge in [0.2, 0.25) is 5.91 Å². The van der Waals surface area contributed by atoms with Crippen molar-refractivity contribution in [2.45, 2.75) is 19.3 Å². The van der Waals surface area contributed by atoms with Crippen LogP contribution in [-0.2, 0) is 4.79 Å². The molecule has 2 rings (SSSR count). The summed E-state index contributed by atoms with van der Waals surface area (Å²) in [5.41, 5.74) is 5.17. The average molecular weight is 254 g/mol. The van der Waals surface area contributed by atoms with Gasteiger partial charge in [-0.2, -0.15) is 0 Å². The third kappa shape index (κ3) is 3.35. The lowest BCUT2D eigenvalue weighted by Gasteiger charge is -2.38. The van der Waals surface area contributed by atoms with E-state index in [1.807, 2.05) is 14.7 Å². The van der Waals surface area contributed by atoms with Gasteiger partial charge in [0.15, 0.2) is 0 Å². The summed E-state index contributed by atoms with van der Waals surface area (Å²) in [5, 5.41) is 0. The molecule has 2 saturated heterocycles. The number of carbonyl (C=O) groups excluding carboxylic acids is 2. The van der Waals surface area contributed by atoms with Crippen LogP contribution < -0.4 is 5.73 Å². The first-order valence-electron chi connectivity index (χ1n) is 6.71. The fourth-order valence-electron chi connectivity index (χ4n) is 2.60. The molecule has 18 heavy (non-hydrogen) atoms. The lowest BCUT2D eigenvalue weighted by atomic mass is 10.1. The molecule has 2 aliphatic rings. The molecule has 2 heterocycles. The molecule has 2 aliphatic heterocycles. The molecule has 2 N–H and O–H groups in total. The van der Waals surface area contributed by atoms with Crippen LogP contribution in [0, 0.1) is 0 Å². The maximum Gasteiger partial charge on any atom is 0.320 e. The van der Waals surface area contributed by atoms with E-state index in [1.165, 1.54) is 6.42 Å². The minimum atomic E-state index is -0.300. The quantitative estimate of drug-likeness (QED) is 0.735. The second-order valence-corrected chi connectivity index (χ2v) is 5.06. The van der Waals surface area contributed by atoms with Gasteiger partial charge in [-0.25, -0.2) is 4.79 Å². The molecule has 102 valence electrons. The Labute approximate surface area is 108 Å². The first kappa shape index (κ1) is 13.1. The van der Waals surface area contributed by atoms with E-state index in [0.29, 0.717) is 19.6 Å². The molecule has 0 aromatic carbocycles. The fourth-order valence-corrected chi connectivity index (χ4v) is 2.60. The Hall–Kier alpha value is -1.30. The van der Waals surface area contributed by atoms with E-state index in [0.717, 1.165) is 39.0 Å². The smallest absolute Gasteiger partial charge is 0.320 e. The van der Waals surface area contributed by atoms with Gasteiger partial charge in [0.25, 0.3) is 0 Å². The highest BCUT2D eigenvalue weighted by molar-refractivity contribution is 5.76. The summed E-state index contributed by atoms with van der Waals surface area (Å²) in [4.78, 5) is 28.9. The largest absolute Gasteiger partial charge is 0.369 e. The standard InChI is InChI=1S/C12H22N4O2/c13-11(17)10-14-6-8-16(9-7-14)12(18)15-4-2-1-3-5-15/h1-10H2,(H2,13,17). The molecule has 0 aromatic heterocycles. The van der Waals surface area contributed by atoms with Crippen LogP contribution in [-0.4, -0.2) is 72.5 Å². The van der Waals surface area contributed by atoms with E-state index in [9.17, 15) is 9.59 Å². The number of rotatable bonds is 2. The van der Waals surface area contributed by atoms with Crippen molar-refractivity contribution in [1.29, 1.82) is 0 Å². The number of nitrogens with zero attached hydrogens (tertiary/aromatic N) is 3. The molecule has 0 radical (unpaired) electrons. The summed E-state index contributed by atoms with van der Waals surface area (Å²) in [7, 11) is 0. The van der Waals surface area contributed by atoms with Gasteiger partial charge >= 0.3 is 6.03 Å². The van der Waals surface area contributed by atoms with Crippen molar-refractivity contribution >= 4 is 11.9 Å². The second kappa shape index (κ2) is 6.04. The Bertz CT molecular complexity index is 307. The minimum absolute atomic E-state index is 0.161. The van der Waals surface area contributed by atoms with Crippen molar-refractivity contribution in [1.82, 2.24) is 14.7 Å². The van der Waals surface area contributed by atoms with Crippen molar-refractivity contribution in [3.05, 3.63) is 0 Å². The van der Waals surface area contributed by atoms with Gasteiger partial charge in [0, 0.05) is 39.3 Å². The van der Waals surface area contributed by atoms with Gasteiger partial charge < -0.3 is 15.5 Å². The SMILES string of the molecule is NC(=O)CN1CCN(C(=O)N2CCCCC2)CC1. The van der Waals surface area contributed by atoms with E-state index >= 15 is 0 Å². The van der Waals surface area contributed by atoms with E-state index < -0.39 is 0 Å². The topological polar surface area (TPSA) is 69.9 Å². The van der Waals surface area contributed by atoms with E-state index in [2.05, 4.69) is 0 Å². The Morgan fingerprint density at radius 1 is 0.833 bits per heavy atom. The summed E-state index contributed by atoms with van der Waals surface area (Å²) in [5.74, 6) is -0.300. The number of primary amides is 1. The number of hydrogen-bond donors (Lipinski definition) is 1. The molecule has 6 nitrogen and oxygen atoms in total. The van der Waals surface area contributed by atoms with Crippen molar-refractivity contribution in [2.75, 3.05) is 45.8 Å². The predicted molar refractivity (Wildman–Crippen MR) is 68.0 cm³/mol. The molecule has 0 spiro atoms. The maximum absolute atomic E-state index is 12.2. The molecule has 0 aliphatic carbocycles. The number of piperazine rings is 1. The monoisotopic (exact) mass is 254 g/mol. The number of amides is 3. The lowest BCUT2D eigenvalue weighted by molar-refractivity contribution is -0.119. The van der Waals surface area contributed by atoms with Gasteiger partial charge in [-0.15, -0.1) is 0 Å². The van der Waals surface area contributed by atoms with Crippen LogP contribution in [0.2, 0.25) is 0 Å². The average Bonchev–Trinajstić information content (AvgIpc) is 2.39. The van der Waals surface area contributed by atoms with E-state index in [4.69, 9.17) is 5.73 Å². The van der Waals surface area contributed by atoms with Crippen LogP contribution in [0.5, 0.6) is 0 Å². The van der Waals surface area contributed by atoms with E-state index in [-0.39, 0.29) is 11.9 Å². The van der Waals surface area contributed by atoms with Crippen molar-refractivity contribution in [3.63, 3.8) is 0 Å². The van der Waals surface area contributed by atoms with Gasteiger partial charge in [-0.05, 0) is 19.3 Å². The molecule has 0 atom stereocenters. The molecular formula is C12H22N4O2. The van der Waals surface area contributed by atoms with Gasteiger partial charge in [-0.1, -0.05) is 0 Å². The number of nitrogens with two attached hydrogens (primary N) is 1. The van der Waals surface area contributed by atoms with Crippen molar-refractivity contribution < 1.29 is 9.59 Å². The highest BCUT2D eigenvalue weighted by atomic mass is 16.2. The summed E-state index contributed by atoms with van der Waals surface area (Å²) in [6.07, 6.45) is 3.47. The molecule has 0 saturated carbocycles. The highest BCUT2D eigenvalue weighted by Gasteiger charge is 2.26. The van der Waals surface area contributed by atoms with E-state index in [1.54, 1.807) is 0 Å². The van der Waals surface area contributed by atoms with Gasteiger partial charge in [0.1, 0.15) is 0 Å². The van der Waals surface area contributed by atoms with Crippen LogP contribution in [0.4, 0.5) is 4.79 Å². The molecular weight excluding hydrogens is 232 g/mol. The maximum atomic E-state index is 12.2. The third-order valence-corrected chi connectivity index (χ3v) is 3.65. The second-order valence-electron chi connectivity index (χ2n) is 5.06. The molecule has 6 heteroatoms. The molecule has 0 unspecified atom stereocenters. The van der Waals surface area contributed by atoms with Gasteiger partial charge in [-0.3, -0.25) is 9.69 Å². The predicted octanol–water partition coefficient (Wildman–Crippen LogP) is -0.305. The number of carbonyl (C=O) groups is 2. The molecule has 2 fully saturated rings. The third-order valence-electron chi connectivity index (χ3n) is 3.65. The summed E-state index contributed by atoms with van der Waals surface area (Å²) >= 11 is 0. The van der Waals surface area contributed by atoms with Crippen LogP contribution in [0.15, 0.2) is 0 Å². The molecule has 3 amide bonds. The molecule has 0 bridgehead atoms. The first-order chi connectivity index (χ1) is 8.66. The summed E-state index contributed by atoms with van der Waals surface area (Å²) in [6, 6.07) is 0.161. The Kier molecular flexibility index (Phi) is 4.41. The Balaban J connectivity index is 1.78. The van der Waals surface area contributed by atoms with Crippen LogP contribution in [0.1, 0.15) is 19.3 Å². The zero-order chi connectivity index (χ0) is 13.0. The first-order valence-corrected chi connectivity index (χ1v) is 6.71. The fraction of sp³-hybridized carbons (Fsp3) is 0.833. The molecule has 0 aromatic rings. The Morgan fingerprint density at radius 3 is 1.94 bits per heavy atom. The highest BCUT2D eigenvalue weighted by Crippen LogP contribution is 2.12. The zero-order valence-corrected chi connectivity index (χ0v) is 10.8. The Morgan fingerprint density at radius 2 is 1.39 bits per heavy atom. The lowest BCUT2D eigenvalue weighted by Crippen LogP contribution is -2.54. The number of urea groups is 1. The number of hydrogen-bond acceptors (Lipinski definition) is 3. The minimum Gasteiger partial charge on any atom is -0.369 e. The van der Waals surface area contributed by atoms with Gasteiger partial charge in [0.05, 0.1) is 6.54 Å².